The quantitative estimate of drug-likeness (QED) is 0.295. The van der Waals surface area contributed by atoms with Gasteiger partial charge < -0.3 is 9.47 Å². The minimum absolute atomic E-state index is 0.181. The number of carbonyl (C=O) groups excluding carboxylic acids is 2. The fourth-order valence-electron chi connectivity index (χ4n) is 2.80. The highest BCUT2D eigenvalue weighted by Gasteiger charge is 2.15. The molecular weight excluding hydrogens is 388 g/mol. The van der Waals surface area contributed by atoms with Crippen molar-refractivity contribution in [1.29, 1.82) is 0 Å². The Morgan fingerprint density at radius 3 is 2.23 bits per heavy atom. The number of nitrogens with one attached hydrogen (secondary N) is 2. The summed E-state index contributed by atoms with van der Waals surface area (Å²) in [6, 6.07) is 12.0. The predicted octanol–water partition coefficient (Wildman–Crippen LogP) is 3.10. The van der Waals surface area contributed by atoms with E-state index in [4.69, 9.17) is 19.5 Å². The first-order chi connectivity index (χ1) is 14.5. The SMILES string of the molecule is CCOc1ccc(C(=O)c2ccc(OCC)cc2C=C(CC(=O)NO)NOC)cc1. The van der Waals surface area contributed by atoms with Gasteiger partial charge in [0, 0.05) is 16.8 Å². The molecule has 8 heteroatoms. The molecule has 2 aromatic carbocycles. The zero-order chi connectivity index (χ0) is 21.9. The van der Waals surface area contributed by atoms with Crippen LogP contribution in [0.2, 0.25) is 0 Å². The van der Waals surface area contributed by atoms with E-state index in [0.717, 1.165) is 0 Å². The van der Waals surface area contributed by atoms with Crippen LogP contribution in [-0.2, 0) is 9.63 Å². The molecule has 2 rings (SSSR count). The third kappa shape index (κ3) is 6.33. The van der Waals surface area contributed by atoms with E-state index in [1.165, 1.54) is 7.11 Å². The largest absolute Gasteiger partial charge is 0.494 e. The highest BCUT2D eigenvalue weighted by Crippen LogP contribution is 2.24. The van der Waals surface area contributed by atoms with Gasteiger partial charge >= 0.3 is 0 Å². The lowest BCUT2D eigenvalue weighted by Gasteiger charge is -2.12. The Balaban J connectivity index is 2.46. The van der Waals surface area contributed by atoms with Crippen molar-refractivity contribution in [2.24, 2.45) is 0 Å². The van der Waals surface area contributed by atoms with Crippen LogP contribution in [0, 0.1) is 0 Å². The lowest BCUT2D eigenvalue weighted by Crippen LogP contribution is -2.23. The van der Waals surface area contributed by atoms with Gasteiger partial charge in [-0.15, -0.1) is 0 Å². The van der Waals surface area contributed by atoms with Crippen LogP contribution in [0.1, 0.15) is 41.8 Å². The fraction of sp³-hybridized carbons (Fsp3) is 0.273. The molecule has 160 valence electrons. The smallest absolute Gasteiger partial charge is 0.249 e. The first-order valence-electron chi connectivity index (χ1n) is 9.49. The zero-order valence-corrected chi connectivity index (χ0v) is 17.2. The number of hydrogen-bond donors (Lipinski definition) is 3. The second-order valence-electron chi connectivity index (χ2n) is 6.16. The van der Waals surface area contributed by atoms with E-state index < -0.39 is 5.91 Å². The zero-order valence-electron chi connectivity index (χ0n) is 17.2. The lowest BCUT2D eigenvalue weighted by molar-refractivity contribution is -0.128. The Morgan fingerprint density at radius 1 is 1.00 bits per heavy atom. The number of ketones is 1. The first-order valence-corrected chi connectivity index (χ1v) is 9.49. The van der Waals surface area contributed by atoms with Gasteiger partial charge in [0.1, 0.15) is 11.5 Å². The van der Waals surface area contributed by atoms with Gasteiger partial charge in [0.2, 0.25) is 5.91 Å². The monoisotopic (exact) mass is 414 g/mol. The first kappa shape index (κ1) is 22.9. The van der Waals surface area contributed by atoms with Crippen LogP contribution in [0.4, 0.5) is 0 Å². The third-order valence-electron chi connectivity index (χ3n) is 4.04. The van der Waals surface area contributed by atoms with E-state index in [2.05, 4.69) is 5.48 Å². The van der Waals surface area contributed by atoms with Crippen LogP contribution in [0.3, 0.4) is 0 Å². The summed E-state index contributed by atoms with van der Waals surface area (Å²) >= 11 is 0. The molecule has 0 unspecified atom stereocenters. The van der Waals surface area contributed by atoms with Crippen LogP contribution in [0.15, 0.2) is 48.2 Å². The summed E-state index contributed by atoms with van der Waals surface area (Å²) in [7, 11) is 1.40. The summed E-state index contributed by atoms with van der Waals surface area (Å²) in [4.78, 5) is 29.6. The number of benzene rings is 2. The van der Waals surface area contributed by atoms with Crippen LogP contribution in [0.25, 0.3) is 6.08 Å². The van der Waals surface area contributed by atoms with E-state index in [9.17, 15) is 9.59 Å². The van der Waals surface area contributed by atoms with Crippen molar-refractivity contribution in [3.05, 3.63) is 64.9 Å². The summed E-state index contributed by atoms with van der Waals surface area (Å²) in [5.74, 6) is 0.430. The third-order valence-corrected chi connectivity index (χ3v) is 4.04. The molecule has 0 aliphatic carbocycles. The fourth-order valence-corrected chi connectivity index (χ4v) is 2.80. The maximum atomic E-state index is 13.1. The highest BCUT2D eigenvalue weighted by atomic mass is 16.6. The van der Waals surface area contributed by atoms with E-state index in [1.807, 2.05) is 13.8 Å². The van der Waals surface area contributed by atoms with Gasteiger partial charge in [-0.05, 0) is 68.0 Å². The summed E-state index contributed by atoms with van der Waals surface area (Å²) in [5, 5.41) is 8.80. The normalized spacial score (nSPS) is 11.0. The Bertz CT molecular complexity index is 893. The molecule has 0 bridgehead atoms. The summed E-state index contributed by atoms with van der Waals surface area (Å²) in [5.41, 5.74) is 5.96. The molecule has 30 heavy (non-hydrogen) atoms. The van der Waals surface area contributed by atoms with Crippen molar-refractivity contribution in [2.45, 2.75) is 20.3 Å². The second-order valence-corrected chi connectivity index (χ2v) is 6.16. The van der Waals surface area contributed by atoms with Crippen molar-refractivity contribution in [3.63, 3.8) is 0 Å². The average molecular weight is 414 g/mol. The molecule has 0 spiro atoms. The topological polar surface area (TPSA) is 106 Å². The van der Waals surface area contributed by atoms with Gasteiger partial charge in [0.05, 0.1) is 26.7 Å². The van der Waals surface area contributed by atoms with E-state index in [0.29, 0.717) is 47.1 Å². The highest BCUT2D eigenvalue weighted by molar-refractivity contribution is 6.11. The van der Waals surface area contributed by atoms with E-state index >= 15 is 0 Å². The molecule has 0 aromatic heterocycles. The predicted molar refractivity (Wildman–Crippen MR) is 111 cm³/mol. The molecule has 0 atom stereocenters. The summed E-state index contributed by atoms with van der Waals surface area (Å²) < 4.78 is 11.0. The molecule has 0 aliphatic heterocycles. The minimum atomic E-state index is -0.633. The van der Waals surface area contributed by atoms with E-state index in [1.54, 1.807) is 54.0 Å². The van der Waals surface area contributed by atoms with Crippen LogP contribution >= 0.6 is 0 Å². The Morgan fingerprint density at radius 2 is 1.63 bits per heavy atom. The van der Waals surface area contributed by atoms with E-state index in [-0.39, 0.29) is 12.2 Å². The van der Waals surface area contributed by atoms with Gasteiger partial charge in [0.25, 0.3) is 0 Å². The van der Waals surface area contributed by atoms with Crippen LogP contribution in [-0.4, -0.2) is 37.2 Å². The molecule has 1 amide bonds. The Labute approximate surface area is 175 Å². The molecule has 8 nitrogen and oxygen atoms in total. The summed E-state index contributed by atoms with van der Waals surface area (Å²) in [6.45, 7) is 4.75. The van der Waals surface area contributed by atoms with Gasteiger partial charge in [-0.1, -0.05) is 0 Å². The summed E-state index contributed by atoms with van der Waals surface area (Å²) in [6.07, 6.45) is 1.42. The molecule has 0 heterocycles. The van der Waals surface area contributed by atoms with Crippen LogP contribution in [0.5, 0.6) is 11.5 Å². The van der Waals surface area contributed by atoms with Gasteiger partial charge in [-0.2, -0.15) is 0 Å². The Kier molecular flexibility index (Phi) is 8.86. The number of amides is 1. The number of ether oxygens (including phenoxy) is 2. The lowest BCUT2D eigenvalue weighted by atomic mass is 9.97. The average Bonchev–Trinajstić information content (AvgIpc) is 2.74. The maximum absolute atomic E-state index is 13.1. The standard InChI is InChI=1S/C22H26N2O6/c1-4-29-18-8-6-15(7-9-18)22(26)20-11-10-19(30-5-2)13-16(20)12-17(24-28-3)14-21(25)23-27/h6-13,24,27H,4-5,14H2,1-3H3,(H,23,25). The molecule has 0 saturated carbocycles. The second kappa shape index (κ2) is 11.6. The van der Waals surface area contributed by atoms with Crippen molar-refractivity contribution in [3.8, 4) is 11.5 Å². The molecule has 0 aliphatic rings. The maximum Gasteiger partial charge on any atom is 0.249 e. The molecule has 3 N–H and O–H groups in total. The molecular formula is C22H26N2O6. The molecule has 0 radical (unpaired) electrons. The van der Waals surface area contributed by atoms with Gasteiger partial charge in [0.15, 0.2) is 5.78 Å². The number of hydroxylamine groups is 2. The number of carbonyl (C=O) groups is 2. The van der Waals surface area contributed by atoms with Gasteiger partial charge in [-0.25, -0.2) is 5.48 Å². The molecule has 2 aromatic rings. The van der Waals surface area contributed by atoms with Gasteiger partial charge in [-0.3, -0.25) is 25.1 Å². The Hall–Kier alpha value is -3.36. The number of rotatable bonds is 11. The van der Waals surface area contributed by atoms with Crippen molar-refractivity contribution >= 4 is 17.8 Å². The molecule has 0 saturated heterocycles. The van der Waals surface area contributed by atoms with Crippen molar-refractivity contribution in [1.82, 2.24) is 11.0 Å². The van der Waals surface area contributed by atoms with Crippen molar-refractivity contribution < 1.29 is 29.1 Å². The van der Waals surface area contributed by atoms with Crippen LogP contribution < -0.4 is 20.4 Å². The number of hydrogen-bond acceptors (Lipinski definition) is 7. The minimum Gasteiger partial charge on any atom is -0.494 e. The molecule has 0 fully saturated rings. The van der Waals surface area contributed by atoms with Crippen molar-refractivity contribution in [2.75, 3.05) is 20.3 Å².